The Morgan fingerprint density at radius 3 is 2.48 bits per heavy atom. The first kappa shape index (κ1) is 17.0. The van der Waals surface area contributed by atoms with Crippen LogP contribution in [0.4, 0.5) is 4.79 Å². The normalized spacial score (nSPS) is 20.5. The zero-order valence-corrected chi connectivity index (χ0v) is 13.6. The average Bonchev–Trinajstić information content (AvgIpc) is 2.79. The molecule has 2 N–H and O–H groups in total. The third-order valence-electron chi connectivity index (χ3n) is 3.94. The van der Waals surface area contributed by atoms with Gasteiger partial charge in [0.2, 0.25) is 5.91 Å². The van der Waals surface area contributed by atoms with Crippen molar-refractivity contribution >= 4 is 17.8 Å². The number of carbonyl (C=O) groups is 3. The number of nitrogens with one attached hydrogen (secondary N) is 2. The minimum absolute atomic E-state index is 0.247. The zero-order valence-electron chi connectivity index (χ0n) is 13.6. The summed E-state index contributed by atoms with van der Waals surface area (Å²) in [5, 5.41) is 5.49. The van der Waals surface area contributed by atoms with Gasteiger partial charge in [0.05, 0.1) is 0 Å². The molecule has 0 bridgehead atoms. The highest BCUT2D eigenvalue weighted by molar-refractivity contribution is 6.09. The molecule has 0 aromatic heterocycles. The van der Waals surface area contributed by atoms with E-state index in [0.29, 0.717) is 13.0 Å². The van der Waals surface area contributed by atoms with Crippen LogP contribution in [0, 0.1) is 0 Å². The minimum atomic E-state index is -1.07. The molecule has 0 unspecified atom stereocenters. The Balaban J connectivity index is 2.25. The predicted molar refractivity (Wildman–Crippen MR) is 86.6 cm³/mol. The molecule has 0 aliphatic carbocycles. The Morgan fingerprint density at radius 1 is 1.17 bits per heavy atom. The molecule has 1 aromatic rings. The molecule has 6 nitrogen and oxygen atoms in total. The maximum Gasteiger partial charge on any atom is 0.325 e. The molecule has 0 radical (unpaired) electrons. The van der Waals surface area contributed by atoms with Crippen molar-refractivity contribution in [2.24, 2.45) is 0 Å². The van der Waals surface area contributed by atoms with Gasteiger partial charge < -0.3 is 10.6 Å². The Kier molecular flexibility index (Phi) is 5.36. The van der Waals surface area contributed by atoms with Crippen LogP contribution in [0.2, 0.25) is 0 Å². The highest BCUT2D eigenvalue weighted by atomic mass is 16.2. The van der Waals surface area contributed by atoms with Crippen LogP contribution < -0.4 is 10.6 Å². The van der Waals surface area contributed by atoms with Crippen LogP contribution in [0.5, 0.6) is 0 Å². The quantitative estimate of drug-likeness (QED) is 0.752. The lowest BCUT2D eigenvalue weighted by Crippen LogP contribution is -2.45. The third kappa shape index (κ3) is 3.36. The molecule has 6 heteroatoms. The minimum Gasteiger partial charge on any atom is -0.355 e. The summed E-state index contributed by atoms with van der Waals surface area (Å²) >= 11 is 0. The van der Waals surface area contributed by atoms with E-state index in [0.717, 1.165) is 23.3 Å². The summed E-state index contributed by atoms with van der Waals surface area (Å²) in [4.78, 5) is 38.0. The first-order chi connectivity index (χ1) is 11.0. The van der Waals surface area contributed by atoms with Crippen LogP contribution in [0.15, 0.2) is 30.3 Å². The molecule has 2 rings (SSSR count). The van der Waals surface area contributed by atoms with Gasteiger partial charge in [-0.1, -0.05) is 50.6 Å². The van der Waals surface area contributed by atoms with Crippen molar-refractivity contribution < 1.29 is 14.4 Å². The third-order valence-corrected chi connectivity index (χ3v) is 3.94. The van der Waals surface area contributed by atoms with Crippen molar-refractivity contribution in [2.45, 2.75) is 38.6 Å². The topological polar surface area (TPSA) is 78.5 Å². The Hall–Kier alpha value is -2.37. The van der Waals surface area contributed by atoms with E-state index in [4.69, 9.17) is 0 Å². The fourth-order valence-electron chi connectivity index (χ4n) is 2.84. The van der Waals surface area contributed by atoms with E-state index >= 15 is 0 Å². The van der Waals surface area contributed by atoms with Crippen molar-refractivity contribution in [3.05, 3.63) is 35.9 Å². The summed E-state index contributed by atoms with van der Waals surface area (Å²) in [5.41, 5.74) is -0.324. The van der Waals surface area contributed by atoms with Crippen molar-refractivity contribution in [1.29, 1.82) is 0 Å². The van der Waals surface area contributed by atoms with Gasteiger partial charge in [-0.3, -0.25) is 14.5 Å². The molecule has 124 valence electrons. The van der Waals surface area contributed by atoms with Crippen molar-refractivity contribution in [2.75, 3.05) is 13.1 Å². The van der Waals surface area contributed by atoms with Gasteiger partial charge in [-0.15, -0.1) is 0 Å². The lowest BCUT2D eigenvalue weighted by Gasteiger charge is -2.26. The molecule has 1 aliphatic rings. The number of amides is 4. The predicted octanol–water partition coefficient (Wildman–Crippen LogP) is 1.76. The average molecular weight is 317 g/mol. The van der Waals surface area contributed by atoms with E-state index in [1.807, 2.05) is 44.2 Å². The van der Waals surface area contributed by atoms with Gasteiger partial charge in [-0.25, -0.2) is 4.79 Å². The molecule has 1 heterocycles. The van der Waals surface area contributed by atoms with Crippen LogP contribution in [-0.4, -0.2) is 35.8 Å². The summed E-state index contributed by atoms with van der Waals surface area (Å²) < 4.78 is 0. The maximum atomic E-state index is 12.9. The van der Waals surface area contributed by atoms with Crippen molar-refractivity contribution in [3.8, 4) is 0 Å². The van der Waals surface area contributed by atoms with Gasteiger partial charge in [-0.2, -0.15) is 0 Å². The van der Waals surface area contributed by atoms with E-state index in [9.17, 15) is 14.4 Å². The van der Waals surface area contributed by atoms with Gasteiger partial charge in [0, 0.05) is 6.54 Å². The molecule has 1 fully saturated rings. The van der Waals surface area contributed by atoms with Crippen LogP contribution >= 0.6 is 0 Å². The van der Waals surface area contributed by atoms with E-state index in [1.165, 1.54) is 0 Å². The fraction of sp³-hybridized carbons (Fsp3) is 0.471. The Labute approximate surface area is 136 Å². The number of benzene rings is 1. The summed E-state index contributed by atoms with van der Waals surface area (Å²) in [6, 6.07) is 8.67. The SMILES string of the molecule is CCCNC(=O)CN1C(=O)N[C@](CCC)(c2ccccc2)C1=O. The molecule has 23 heavy (non-hydrogen) atoms. The van der Waals surface area contributed by atoms with Crippen molar-refractivity contribution in [3.63, 3.8) is 0 Å². The van der Waals surface area contributed by atoms with Gasteiger partial charge in [0.1, 0.15) is 12.1 Å². The number of imide groups is 1. The van der Waals surface area contributed by atoms with Crippen molar-refractivity contribution in [1.82, 2.24) is 15.5 Å². The first-order valence-corrected chi connectivity index (χ1v) is 8.01. The standard InChI is InChI=1S/C17H23N3O3/c1-3-10-17(13-8-6-5-7-9-13)15(22)20(16(23)19-17)12-14(21)18-11-4-2/h5-9H,3-4,10-12H2,1-2H3,(H,18,21)(H,19,23)/t17-/m1/s1. The Morgan fingerprint density at radius 2 is 1.87 bits per heavy atom. The lowest BCUT2D eigenvalue weighted by molar-refractivity contribution is -0.135. The van der Waals surface area contributed by atoms with E-state index in [2.05, 4.69) is 10.6 Å². The second kappa shape index (κ2) is 7.26. The summed E-state index contributed by atoms with van der Waals surface area (Å²) in [6.07, 6.45) is 2.03. The number of urea groups is 1. The summed E-state index contributed by atoms with van der Waals surface area (Å²) in [5.74, 6) is -0.682. The molecular formula is C17H23N3O3. The van der Waals surface area contributed by atoms with E-state index in [-0.39, 0.29) is 18.4 Å². The molecule has 0 spiro atoms. The lowest BCUT2D eigenvalue weighted by atomic mass is 9.85. The molecule has 4 amide bonds. The smallest absolute Gasteiger partial charge is 0.325 e. The van der Waals surface area contributed by atoms with Gasteiger partial charge in [-0.05, 0) is 18.4 Å². The number of hydrogen-bond donors (Lipinski definition) is 2. The highest BCUT2D eigenvalue weighted by Gasteiger charge is 2.51. The molecule has 1 aromatic carbocycles. The monoisotopic (exact) mass is 317 g/mol. The van der Waals surface area contributed by atoms with Gasteiger partial charge >= 0.3 is 6.03 Å². The fourth-order valence-corrected chi connectivity index (χ4v) is 2.84. The highest BCUT2D eigenvalue weighted by Crippen LogP contribution is 2.33. The second-order valence-electron chi connectivity index (χ2n) is 5.69. The van der Waals surface area contributed by atoms with Crippen LogP contribution in [0.1, 0.15) is 38.7 Å². The largest absolute Gasteiger partial charge is 0.355 e. The molecule has 0 saturated carbocycles. The molecule has 1 aliphatic heterocycles. The summed E-state index contributed by atoms with van der Waals surface area (Å²) in [6.45, 7) is 4.18. The van der Waals surface area contributed by atoms with Gasteiger partial charge in [0.15, 0.2) is 0 Å². The van der Waals surface area contributed by atoms with E-state index in [1.54, 1.807) is 0 Å². The van der Waals surface area contributed by atoms with Crippen LogP contribution in [-0.2, 0) is 15.1 Å². The number of nitrogens with zero attached hydrogens (tertiary/aromatic N) is 1. The number of rotatable bonds is 7. The van der Waals surface area contributed by atoms with E-state index < -0.39 is 11.6 Å². The first-order valence-electron chi connectivity index (χ1n) is 8.01. The maximum absolute atomic E-state index is 12.9. The molecule has 1 atom stereocenters. The second-order valence-corrected chi connectivity index (χ2v) is 5.69. The summed E-state index contributed by atoms with van der Waals surface area (Å²) in [7, 11) is 0. The number of carbonyl (C=O) groups excluding carboxylic acids is 3. The Bertz CT molecular complexity index is 588. The van der Waals surface area contributed by atoms with Crippen LogP contribution in [0.3, 0.4) is 0 Å². The van der Waals surface area contributed by atoms with Gasteiger partial charge in [0.25, 0.3) is 5.91 Å². The molecule has 1 saturated heterocycles. The zero-order chi connectivity index (χ0) is 16.9. The number of hydrogen-bond acceptors (Lipinski definition) is 3. The van der Waals surface area contributed by atoms with Crippen LogP contribution in [0.25, 0.3) is 0 Å². The molecular weight excluding hydrogens is 294 g/mol.